The van der Waals surface area contributed by atoms with Crippen molar-refractivity contribution >= 4 is 34.2 Å². The largest absolute Gasteiger partial charge is 0.489 e. The van der Waals surface area contributed by atoms with Crippen molar-refractivity contribution in [2.24, 2.45) is 5.92 Å². The van der Waals surface area contributed by atoms with Gasteiger partial charge in [0.1, 0.15) is 23.1 Å². The summed E-state index contributed by atoms with van der Waals surface area (Å²) in [6.45, 7) is 1.77. The van der Waals surface area contributed by atoms with E-state index in [0.29, 0.717) is 34.6 Å². The molecule has 0 spiro atoms. The maximum atomic E-state index is 12.4. The van der Waals surface area contributed by atoms with Gasteiger partial charge in [-0.3, -0.25) is 4.79 Å². The fourth-order valence-electron chi connectivity index (χ4n) is 4.02. The van der Waals surface area contributed by atoms with Crippen LogP contribution in [0.3, 0.4) is 0 Å². The molecule has 0 bridgehead atoms. The highest BCUT2D eigenvalue weighted by Gasteiger charge is 2.29. The van der Waals surface area contributed by atoms with Gasteiger partial charge >= 0.3 is 11.9 Å². The number of fused-ring (bicyclic) bond motifs is 1. The summed E-state index contributed by atoms with van der Waals surface area (Å²) >= 11 is 1.37. The van der Waals surface area contributed by atoms with Crippen LogP contribution in [0.1, 0.15) is 39.7 Å². The molecule has 9 heteroatoms. The summed E-state index contributed by atoms with van der Waals surface area (Å²) in [7, 11) is 1.32. The van der Waals surface area contributed by atoms with Crippen molar-refractivity contribution in [1.29, 1.82) is 0 Å². The van der Waals surface area contributed by atoms with Gasteiger partial charge < -0.3 is 24.3 Å². The number of hydrogen-bond acceptors (Lipinski definition) is 8. The molecule has 0 aliphatic heterocycles. The van der Waals surface area contributed by atoms with E-state index >= 15 is 0 Å². The van der Waals surface area contributed by atoms with Gasteiger partial charge in [-0.25, -0.2) is 9.59 Å². The molecule has 4 rings (SSSR count). The summed E-state index contributed by atoms with van der Waals surface area (Å²) < 4.78 is 21.1. The molecule has 1 aromatic heterocycles. The second kappa shape index (κ2) is 12.4. The summed E-state index contributed by atoms with van der Waals surface area (Å²) in [5, 5.41) is 3.13. The normalized spacial score (nSPS) is 14.3. The summed E-state index contributed by atoms with van der Waals surface area (Å²) in [5.41, 5.74) is 2.39. The second-order valence-electron chi connectivity index (χ2n) is 8.79. The van der Waals surface area contributed by atoms with Crippen molar-refractivity contribution < 1.29 is 33.3 Å². The van der Waals surface area contributed by atoms with Crippen LogP contribution in [-0.2, 0) is 38.5 Å². The average molecular weight is 524 g/mol. The Labute approximate surface area is 219 Å². The Hall–Kier alpha value is -3.85. The van der Waals surface area contributed by atoms with Crippen LogP contribution >= 0.6 is 11.3 Å². The number of anilines is 1. The molecular weight excluding hydrogens is 494 g/mol. The molecule has 1 N–H and O–H groups in total. The van der Waals surface area contributed by atoms with Crippen LogP contribution in [0.25, 0.3) is 0 Å². The molecule has 0 radical (unpaired) electrons. The van der Waals surface area contributed by atoms with Crippen molar-refractivity contribution in [2.45, 2.75) is 32.8 Å². The van der Waals surface area contributed by atoms with E-state index in [9.17, 15) is 14.4 Å². The molecule has 1 aliphatic carbocycles. The lowest BCUT2D eigenvalue weighted by molar-refractivity contribution is -0.149. The number of benzene rings is 2. The fourth-order valence-corrected chi connectivity index (χ4v) is 5.44. The molecule has 8 nitrogen and oxygen atoms in total. The van der Waals surface area contributed by atoms with E-state index in [1.54, 1.807) is 24.3 Å². The average Bonchev–Trinajstić information content (AvgIpc) is 3.26. The lowest BCUT2D eigenvalue weighted by Gasteiger charge is -2.18. The van der Waals surface area contributed by atoms with Crippen LogP contribution in [0.5, 0.6) is 11.5 Å². The third kappa shape index (κ3) is 7.10. The third-order valence-electron chi connectivity index (χ3n) is 5.95. The number of esters is 2. The van der Waals surface area contributed by atoms with Gasteiger partial charge in [-0.15, -0.1) is 11.3 Å². The summed E-state index contributed by atoms with van der Waals surface area (Å²) in [5.74, 6) is -0.0541. The zero-order chi connectivity index (χ0) is 26.2. The minimum Gasteiger partial charge on any atom is -0.489 e. The molecule has 0 fully saturated rings. The first kappa shape index (κ1) is 26.2. The summed E-state index contributed by atoms with van der Waals surface area (Å²) in [6.07, 6.45) is 2.59. The predicted molar refractivity (Wildman–Crippen MR) is 139 cm³/mol. The number of nitrogens with one attached hydrogen (secondary N) is 1. The van der Waals surface area contributed by atoms with E-state index in [1.807, 2.05) is 30.3 Å². The Kier molecular flexibility index (Phi) is 8.79. The first-order valence-corrected chi connectivity index (χ1v) is 12.8. The van der Waals surface area contributed by atoms with E-state index < -0.39 is 24.5 Å². The van der Waals surface area contributed by atoms with Gasteiger partial charge in [-0.2, -0.15) is 0 Å². The quantitative estimate of drug-likeness (QED) is 0.381. The molecule has 1 unspecified atom stereocenters. The number of carbonyl (C=O) groups excluding carboxylic acids is 3. The van der Waals surface area contributed by atoms with Gasteiger partial charge in [0.25, 0.3) is 5.91 Å². The van der Waals surface area contributed by atoms with E-state index in [-0.39, 0.29) is 6.61 Å². The standard InChI is InChI=1S/C28H29NO7S/c1-18-8-13-22-23(14-18)37-27(26(22)28(32)33-2)29-24(30)16-36-25(31)17-35-21-11-9-20(10-12-21)34-15-19-6-4-3-5-7-19/h3-7,9-12,18H,8,13-17H2,1-2H3,(H,29,30). The fraction of sp³-hybridized carbons (Fsp3) is 0.321. The minimum absolute atomic E-state index is 0.351. The van der Waals surface area contributed by atoms with E-state index in [4.69, 9.17) is 18.9 Å². The van der Waals surface area contributed by atoms with Gasteiger partial charge in [-0.05, 0) is 60.6 Å². The van der Waals surface area contributed by atoms with Crippen molar-refractivity contribution in [1.82, 2.24) is 0 Å². The molecule has 1 amide bonds. The highest BCUT2D eigenvalue weighted by Crippen LogP contribution is 2.40. The van der Waals surface area contributed by atoms with Crippen LogP contribution in [-0.4, -0.2) is 38.2 Å². The number of rotatable bonds is 10. The van der Waals surface area contributed by atoms with E-state index in [0.717, 1.165) is 35.3 Å². The van der Waals surface area contributed by atoms with E-state index in [2.05, 4.69) is 12.2 Å². The number of carbonyl (C=O) groups is 3. The maximum Gasteiger partial charge on any atom is 0.344 e. The molecule has 0 saturated heterocycles. The van der Waals surface area contributed by atoms with Crippen LogP contribution < -0.4 is 14.8 Å². The molecule has 1 heterocycles. The molecular formula is C28H29NO7S. The lowest BCUT2D eigenvalue weighted by Crippen LogP contribution is -2.24. The Morgan fingerprint density at radius 1 is 0.973 bits per heavy atom. The van der Waals surface area contributed by atoms with Gasteiger partial charge in [0.2, 0.25) is 0 Å². The molecule has 194 valence electrons. The molecule has 1 aliphatic rings. The van der Waals surface area contributed by atoms with E-state index in [1.165, 1.54) is 18.4 Å². The molecule has 37 heavy (non-hydrogen) atoms. The number of ether oxygens (including phenoxy) is 4. The molecule has 1 atom stereocenters. The van der Waals surface area contributed by atoms with Crippen molar-refractivity contribution in [3.05, 3.63) is 76.2 Å². The van der Waals surface area contributed by atoms with Gasteiger partial charge in [-0.1, -0.05) is 37.3 Å². The Balaban J connectivity index is 1.23. The van der Waals surface area contributed by atoms with Crippen molar-refractivity contribution in [2.75, 3.05) is 25.6 Å². The second-order valence-corrected chi connectivity index (χ2v) is 9.90. The van der Waals surface area contributed by atoms with Gasteiger partial charge in [0.15, 0.2) is 13.2 Å². The highest BCUT2D eigenvalue weighted by molar-refractivity contribution is 7.17. The molecule has 2 aromatic carbocycles. The Bertz CT molecular complexity index is 1240. The zero-order valence-corrected chi connectivity index (χ0v) is 21.6. The first-order valence-electron chi connectivity index (χ1n) is 12.0. The number of methoxy groups -OCH3 is 1. The third-order valence-corrected chi connectivity index (χ3v) is 7.12. The van der Waals surface area contributed by atoms with Crippen LogP contribution in [0, 0.1) is 5.92 Å². The lowest BCUT2D eigenvalue weighted by atomic mass is 9.88. The summed E-state index contributed by atoms with van der Waals surface area (Å²) in [6, 6.07) is 16.7. The predicted octanol–water partition coefficient (Wildman–Crippen LogP) is 4.80. The molecule has 0 saturated carbocycles. The van der Waals surface area contributed by atoms with Crippen LogP contribution in [0.2, 0.25) is 0 Å². The monoisotopic (exact) mass is 523 g/mol. The zero-order valence-electron chi connectivity index (χ0n) is 20.8. The Morgan fingerprint density at radius 2 is 1.68 bits per heavy atom. The number of hydrogen-bond donors (Lipinski definition) is 1. The topological polar surface area (TPSA) is 100 Å². The number of amides is 1. The van der Waals surface area contributed by atoms with Crippen LogP contribution in [0.15, 0.2) is 54.6 Å². The Morgan fingerprint density at radius 3 is 2.38 bits per heavy atom. The first-order chi connectivity index (χ1) is 17.9. The van der Waals surface area contributed by atoms with Crippen molar-refractivity contribution in [3.63, 3.8) is 0 Å². The SMILES string of the molecule is COC(=O)c1c(NC(=O)COC(=O)COc2ccc(OCc3ccccc3)cc2)sc2c1CCC(C)C2. The summed E-state index contributed by atoms with van der Waals surface area (Å²) in [4.78, 5) is 38.0. The van der Waals surface area contributed by atoms with Crippen LogP contribution in [0.4, 0.5) is 5.00 Å². The van der Waals surface area contributed by atoms with Crippen molar-refractivity contribution in [3.8, 4) is 11.5 Å². The number of thiophene rings is 1. The van der Waals surface area contributed by atoms with Gasteiger partial charge in [0.05, 0.1) is 12.7 Å². The minimum atomic E-state index is -0.688. The highest BCUT2D eigenvalue weighted by atomic mass is 32.1. The van der Waals surface area contributed by atoms with Gasteiger partial charge in [0, 0.05) is 4.88 Å². The smallest absolute Gasteiger partial charge is 0.344 e. The maximum absolute atomic E-state index is 12.4. The molecule has 3 aromatic rings.